The third kappa shape index (κ3) is 2.61. The molecule has 0 aromatic rings. The average Bonchev–Trinajstić information content (AvgIpc) is 2.57. The second-order valence-corrected chi connectivity index (χ2v) is 5.98. The van der Waals surface area contributed by atoms with Crippen molar-refractivity contribution in [1.82, 2.24) is 25.8 Å². The number of rotatable bonds is 3. The van der Waals surface area contributed by atoms with E-state index in [1.54, 1.807) is 0 Å². The van der Waals surface area contributed by atoms with Crippen LogP contribution in [0, 0.1) is 0 Å². The highest BCUT2D eigenvalue weighted by Gasteiger charge is 2.61. The lowest BCUT2D eigenvalue weighted by Gasteiger charge is -2.60. The number of hydrogen-bond donors (Lipinski definition) is 3. The van der Waals surface area contributed by atoms with Crippen LogP contribution in [0.15, 0.2) is 0 Å². The van der Waals surface area contributed by atoms with Crippen molar-refractivity contribution in [3.63, 3.8) is 0 Å². The molecule has 0 spiro atoms. The lowest BCUT2D eigenvalue weighted by atomic mass is 9.97. The molecule has 7 nitrogen and oxygen atoms in total. The van der Waals surface area contributed by atoms with Crippen molar-refractivity contribution >= 4 is 0 Å². The molecule has 7 heteroatoms. The average molecular weight is 298 g/mol. The topological polar surface area (TPSA) is 74.1 Å². The molecule has 1 radical (unpaired) electrons. The van der Waals surface area contributed by atoms with Crippen molar-refractivity contribution in [3.05, 3.63) is 0 Å². The van der Waals surface area contributed by atoms with Gasteiger partial charge in [0.1, 0.15) is 0 Å². The molecular weight excluding hydrogens is 270 g/mol. The number of aliphatic hydroxyl groups is 1. The van der Waals surface area contributed by atoms with Gasteiger partial charge in [0.25, 0.3) is 0 Å². The molecule has 0 aromatic heterocycles. The second-order valence-electron chi connectivity index (χ2n) is 5.98. The van der Waals surface area contributed by atoms with Gasteiger partial charge < -0.3 is 20.5 Å². The van der Waals surface area contributed by atoms with Crippen molar-refractivity contribution in [2.24, 2.45) is 0 Å². The van der Waals surface area contributed by atoms with Crippen LogP contribution < -0.4 is 16.0 Å². The van der Waals surface area contributed by atoms with Crippen molar-refractivity contribution in [3.8, 4) is 0 Å². The molecule has 3 aliphatic rings. The highest BCUT2D eigenvalue weighted by atomic mass is 16.6. The summed E-state index contributed by atoms with van der Waals surface area (Å²) in [6.45, 7) is 10.4. The van der Waals surface area contributed by atoms with Crippen LogP contribution in [-0.4, -0.2) is 92.0 Å². The molecule has 21 heavy (non-hydrogen) atoms. The van der Waals surface area contributed by atoms with E-state index >= 15 is 0 Å². The third-order valence-corrected chi connectivity index (χ3v) is 4.87. The maximum absolute atomic E-state index is 11.3. The van der Waals surface area contributed by atoms with E-state index in [-0.39, 0.29) is 0 Å². The summed E-state index contributed by atoms with van der Waals surface area (Å²) in [5.41, 5.74) is -1.15. The zero-order valence-electron chi connectivity index (χ0n) is 13.0. The summed E-state index contributed by atoms with van der Waals surface area (Å²) in [7, 11) is 0. The smallest absolute Gasteiger partial charge is 0.225 e. The maximum atomic E-state index is 11.3. The van der Waals surface area contributed by atoms with Gasteiger partial charge in [-0.05, 0) is 6.42 Å². The summed E-state index contributed by atoms with van der Waals surface area (Å²) in [4.78, 5) is 4.59. The van der Waals surface area contributed by atoms with E-state index in [1.165, 1.54) is 0 Å². The van der Waals surface area contributed by atoms with Gasteiger partial charge >= 0.3 is 0 Å². The zero-order chi connectivity index (χ0) is 14.8. The number of nitrogens with zero attached hydrogens (tertiary/aromatic N) is 3. The highest BCUT2D eigenvalue weighted by molar-refractivity contribution is 5.02. The molecule has 0 aliphatic carbocycles. The normalized spacial score (nSPS) is 35.7. The van der Waals surface area contributed by atoms with Crippen LogP contribution in [-0.2, 0) is 4.74 Å². The molecule has 0 saturated carbocycles. The van der Waals surface area contributed by atoms with E-state index in [9.17, 15) is 5.11 Å². The lowest BCUT2D eigenvalue weighted by Crippen LogP contribution is -2.81. The molecule has 3 heterocycles. The monoisotopic (exact) mass is 298 g/mol. The van der Waals surface area contributed by atoms with E-state index in [1.807, 2.05) is 6.92 Å². The first-order chi connectivity index (χ1) is 10.2. The van der Waals surface area contributed by atoms with E-state index < -0.39 is 11.6 Å². The Balaban J connectivity index is 1.95. The Kier molecular flexibility index (Phi) is 4.80. The molecule has 3 fully saturated rings. The van der Waals surface area contributed by atoms with Crippen molar-refractivity contribution in [2.45, 2.75) is 24.9 Å². The van der Waals surface area contributed by atoms with E-state index in [0.717, 1.165) is 52.4 Å². The molecule has 1 unspecified atom stereocenters. The Bertz CT molecular complexity index is 326. The van der Waals surface area contributed by atoms with Crippen LogP contribution >= 0.6 is 0 Å². The van der Waals surface area contributed by atoms with Gasteiger partial charge in [-0.15, -0.1) is 0 Å². The number of hydrogen-bond acceptors (Lipinski definition) is 6. The van der Waals surface area contributed by atoms with Gasteiger partial charge in [0.05, 0.1) is 6.61 Å². The second kappa shape index (κ2) is 6.45. The Morgan fingerprint density at radius 1 is 1.05 bits per heavy atom. The first-order valence-corrected chi connectivity index (χ1v) is 8.19. The predicted octanol–water partition coefficient (Wildman–Crippen LogP) is -1.82. The minimum Gasteiger partial charge on any atom is -0.369 e. The Labute approximate surface area is 127 Å². The van der Waals surface area contributed by atoms with Crippen LogP contribution in [0.1, 0.15) is 13.3 Å². The molecule has 0 aromatic carbocycles. The van der Waals surface area contributed by atoms with Gasteiger partial charge in [0, 0.05) is 58.9 Å². The molecule has 3 aliphatic heterocycles. The Morgan fingerprint density at radius 3 is 2.05 bits per heavy atom. The Morgan fingerprint density at radius 2 is 1.57 bits per heavy atom. The number of piperazine rings is 2. The molecule has 121 valence electrons. The van der Waals surface area contributed by atoms with Gasteiger partial charge in [0.15, 0.2) is 5.72 Å². The van der Waals surface area contributed by atoms with Crippen LogP contribution in [0.3, 0.4) is 0 Å². The van der Waals surface area contributed by atoms with Gasteiger partial charge in [-0.25, -0.2) is 5.32 Å². The summed E-state index contributed by atoms with van der Waals surface area (Å²) in [5, 5.41) is 22.6. The molecule has 0 amide bonds. The van der Waals surface area contributed by atoms with E-state index in [2.05, 4.69) is 25.8 Å². The molecule has 3 saturated heterocycles. The minimum absolute atomic E-state index is 0.570. The third-order valence-electron chi connectivity index (χ3n) is 4.87. The fourth-order valence-corrected chi connectivity index (χ4v) is 3.80. The maximum Gasteiger partial charge on any atom is 0.225 e. The Hall–Kier alpha value is -0.280. The van der Waals surface area contributed by atoms with Gasteiger partial charge in [0.2, 0.25) is 5.85 Å². The lowest BCUT2D eigenvalue weighted by molar-refractivity contribution is -0.361. The number of nitrogens with one attached hydrogen (secondary N) is 2. The summed E-state index contributed by atoms with van der Waals surface area (Å²) >= 11 is 0. The molecule has 1 atom stereocenters. The standard InChI is InChI=1S/C14H28N5O2/c1-2-13(20)14(21-12-7-17-13,18-8-3-15-4-9-18)19-10-5-16-6-11-19/h15-16,20H,2-12H2,1H3. The summed E-state index contributed by atoms with van der Waals surface area (Å²) < 4.78 is 6.30. The van der Waals surface area contributed by atoms with E-state index in [4.69, 9.17) is 4.74 Å². The van der Waals surface area contributed by atoms with Crippen LogP contribution in [0.2, 0.25) is 0 Å². The van der Waals surface area contributed by atoms with Crippen molar-refractivity contribution in [1.29, 1.82) is 0 Å². The zero-order valence-corrected chi connectivity index (χ0v) is 13.0. The van der Waals surface area contributed by atoms with Gasteiger partial charge in [-0.1, -0.05) is 6.92 Å². The summed E-state index contributed by atoms with van der Waals surface area (Å²) in [5.74, 6) is -0.801. The summed E-state index contributed by atoms with van der Waals surface area (Å²) in [6, 6.07) is 0. The van der Waals surface area contributed by atoms with Gasteiger partial charge in [-0.2, -0.15) is 0 Å². The fraction of sp³-hybridized carbons (Fsp3) is 1.00. The number of morpholine rings is 1. The summed E-state index contributed by atoms with van der Waals surface area (Å²) in [6.07, 6.45) is 0.570. The first-order valence-electron chi connectivity index (χ1n) is 8.19. The fourth-order valence-electron chi connectivity index (χ4n) is 3.80. The first kappa shape index (κ1) is 15.6. The highest BCUT2D eigenvalue weighted by Crippen LogP contribution is 2.38. The number of ether oxygens (including phenoxy) is 1. The predicted molar refractivity (Wildman–Crippen MR) is 79.8 cm³/mol. The largest absolute Gasteiger partial charge is 0.369 e. The molecule has 3 rings (SSSR count). The quantitative estimate of drug-likeness (QED) is 0.570. The van der Waals surface area contributed by atoms with Crippen LogP contribution in [0.4, 0.5) is 0 Å². The van der Waals surface area contributed by atoms with Crippen molar-refractivity contribution in [2.75, 3.05) is 65.5 Å². The minimum atomic E-state index is -1.15. The molecule has 3 N–H and O–H groups in total. The SMILES string of the molecule is CCC1(O)[N]CCOC1(N1CCNCC1)N1CCNCC1. The van der Waals surface area contributed by atoms with E-state index in [0.29, 0.717) is 19.6 Å². The van der Waals surface area contributed by atoms with Crippen LogP contribution in [0.5, 0.6) is 0 Å². The van der Waals surface area contributed by atoms with Gasteiger partial charge in [-0.3, -0.25) is 9.80 Å². The molecular formula is C14H28N5O2. The molecule has 0 bridgehead atoms. The van der Waals surface area contributed by atoms with Crippen LogP contribution in [0.25, 0.3) is 0 Å². The van der Waals surface area contributed by atoms with Crippen molar-refractivity contribution < 1.29 is 9.84 Å².